The van der Waals surface area contributed by atoms with Gasteiger partial charge < -0.3 is 14.5 Å². The average Bonchev–Trinajstić information content (AvgIpc) is 3.20. The molecule has 2 rings (SSSR count). The summed E-state index contributed by atoms with van der Waals surface area (Å²) in [6, 6.07) is 6.03. The van der Waals surface area contributed by atoms with Crippen LogP contribution in [0.4, 0.5) is 0 Å². The Balaban J connectivity index is 2.23. The Hall–Kier alpha value is -0.870. The van der Waals surface area contributed by atoms with E-state index in [2.05, 4.69) is 25.3 Å². The van der Waals surface area contributed by atoms with Gasteiger partial charge in [-0.3, -0.25) is 0 Å². The van der Waals surface area contributed by atoms with Crippen molar-refractivity contribution in [2.45, 2.75) is 45.4 Å². The van der Waals surface area contributed by atoms with Crippen LogP contribution < -0.4 is 4.74 Å². The summed E-state index contributed by atoms with van der Waals surface area (Å²) in [5.74, 6) is 2.04. The van der Waals surface area contributed by atoms with Crippen LogP contribution in [0.1, 0.15) is 56.6 Å². The lowest BCUT2D eigenvalue weighted by Crippen LogP contribution is -2.08. The van der Waals surface area contributed by atoms with Crippen LogP contribution in [0.2, 0.25) is 0 Å². The zero-order chi connectivity index (χ0) is 15.6. The van der Waals surface area contributed by atoms with Crippen LogP contribution in [-0.2, 0) is 9.09 Å². The van der Waals surface area contributed by atoms with E-state index in [9.17, 15) is 4.57 Å². The van der Waals surface area contributed by atoms with Crippen LogP contribution in [-0.4, -0.2) is 16.6 Å². The molecule has 0 bridgehead atoms. The Morgan fingerprint density at radius 3 is 2.38 bits per heavy atom. The Morgan fingerprint density at radius 2 is 1.86 bits per heavy atom. The monoisotopic (exact) mass is 314 g/mol. The molecular formula is C15H23O5P. The number of benzene rings is 1. The highest BCUT2D eigenvalue weighted by atomic mass is 31.2. The van der Waals surface area contributed by atoms with Gasteiger partial charge in [-0.05, 0) is 41.7 Å². The van der Waals surface area contributed by atoms with Crippen molar-refractivity contribution in [1.29, 1.82) is 0 Å². The van der Waals surface area contributed by atoms with E-state index in [1.54, 1.807) is 0 Å². The van der Waals surface area contributed by atoms with E-state index in [1.165, 1.54) is 12.8 Å². The van der Waals surface area contributed by atoms with Crippen molar-refractivity contribution in [1.82, 2.24) is 0 Å². The molecular weight excluding hydrogens is 291 g/mol. The molecule has 0 aliphatic heterocycles. The number of para-hydroxylation sites is 1. The minimum atomic E-state index is -4.51. The van der Waals surface area contributed by atoms with Gasteiger partial charge in [-0.15, -0.1) is 0 Å². The largest absolute Gasteiger partial charge is 0.472 e. The lowest BCUT2D eigenvalue weighted by Gasteiger charge is -2.21. The zero-order valence-corrected chi connectivity index (χ0v) is 13.5. The predicted molar refractivity (Wildman–Crippen MR) is 80.3 cm³/mol. The molecule has 118 valence electrons. The fourth-order valence-electron chi connectivity index (χ4n) is 2.56. The topological polar surface area (TPSA) is 76.0 Å². The fourth-order valence-corrected chi connectivity index (χ4v) is 2.75. The summed E-state index contributed by atoms with van der Waals surface area (Å²) in [7, 11) is -4.51. The van der Waals surface area contributed by atoms with Crippen molar-refractivity contribution in [2.24, 2.45) is 5.92 Å². The molecule has 0 spiro atoms. The molecule has 6 heteroatoms. The molecule has 0 saturated heterocycles. The minimum absolute atomic E-state index is 0.265. The SMILES string of the molecule is CC(C)c1cccc(C(C)C2CC2)c1OCOP(=O)(O)O. The molecule has 0 radical (unpaired) electrons. The van der Waals surface area contributed by atoms with Crippen LogP contribution in [0.15, 0.2) is 18.2 Å². The molecule has 1 aromatic rings. The molecule has 2 N–H and O–H groups in total. The third kappa shape index (κ3) is 4.55. The molecule has 1 aromatic carbocycles. The van der Waals surface area contributed by atoms with Gasteiger partial charge in [0.05, 0.1) is 0 Å². The summed E-state index contributed by atoms with van der Waals surface area (Å²) in [6.45, 7) is 5.86. The summed E-state index contributed by atoms with van der Waals surface area (Å²) in [5, 5.41) is 0. The van der Waals surface area contributed by atoms with E-state index in [-0.39, 0.29) is 5.92 Å². The molecule has 1 fully saturated rings. The quantitative estimate of drug-likeness (QED) is 0.592. The number of rotatable bonds is 7. The number of hydrogen-bond acceptors (Lipinski definition) is 3. The molecule has 1 aliphatic carbocycles. The molecule has 0 amide bonds. The van der Waals surface area contributed by atoms with Crippen molar-refractivity contribution in [3.05, 3.63) is 29.3 Å². The van der Waals surface area contributed by atoms with Crippen molar-refractivity contribution >= 4 is 7.82 Å². The second-order valence-corrected chi connectivity index (χ2v) is 7.17. The standard InChI is InChI=1S/C15H23O5P/c1-10(2)13-5-4-6-14(11(3)12-7-8-12)15(13)19-9-20-21(16,17)18/h4-6,10-12H,7-9H2,1-3H3,(H2,16,17,18). The predicted octanol–water partition coefficient (Wildman–Crippen LogP) is 3.77. The van der Waals surface area contributed by atoms with Crippen LogP contribution in [0.5, 0.6) is 5.75 Å². The van der Waals surface area contributed by atoms with Gasteiger partial charge in [0.1, 0.15) is 5.75 Å². The lowest BCUT2D eigenvalue weighted by atomic mass is 9.90. The maximum Gasteiger partial charge on any atom is 0.472 e. The van der Waals surface area contributed by atoms with E-state index in [4.69, 9.17) is 14.5 Å². The Morgan fingerprint density at radius 1 is 1.24 bits per heavy atom. The second-order valence-electron chi connectivity index (χ2n) is 5.93. The fraction of sp³-hybridized carbons (Fsp3) is 0.600. The van der Waals surface area contributed by atoms with Gasteiger partial charge in [0.2, 0.25) is 0 Å². The van der Waals surface area contributed by atoms with Crippen LogP contribution in [0.3, 0.4) is 0 Å². The summed E-state index contributed by atoms with van der Waals surface area (Å²) in [5.41, 5.74) is 2.13. The highest BCUT2D eigenvalue weighted by Crippen LogP contribution is 2.46. The van der Waals surface area contributed by atoms with E-state index >= 15 is 0 Å². The summed E-state index contributed by atoms with van der Waals surface area (Å²) < 4.78 is 20.8. The lowest BCUT2D eigenvalue weighted by molar-refractivity contribution is 0.0809. The first-order valence-corrected chi connectivity index (χ1v) is 8.78. The summed E-state index contributed by atoms with van der Waals surface area (Å²) in [4.78, 5) is 17.5. The van der Waals surface area contributed by atoms with Gasteiger partial charge in [-0.1, -0.05) is 39.0 Å². The molecule has 5 nitrogen and oxygen atoms in total. The van der Waals surface area contributed by atoms with Gasteiger partial charge in [0.15, 0.2) is 6.79 Å². The summed E-state index contributed by atoms with van der Waals surface area (Å²) >= 11 is 0. The van der Waals surface area contributed by atoms with Gasteiger partial charge in [0.25, 0.3) is 0 Å². The Bertz CT molecular complexity index is 533. The Kier molecular flexibility index (Phi) is 5.10. The van der Waals surface area contributed by atoms with Crippen molar-refractivity contribution in [3.63, 3.8) is 0 Å². The first-order chi connectivity index (χ1) is 9.79. The van der Waals surface area contributed by atoms with Crippen molar-refractivity contribution in [2.75, 3.05) is 6.79 Å². The molecule has 0 heterocycles. The number of phosphoric ester groups is 1. The number of hydrogen-bond donors (Lipinski definition) is 2. The van der Waals surface area contributed by atoms with Gasteiger partial charge in [-0.25, -0.2) is 9.09 Å². The van der Waals surface area contributed by atoms with Crippen LogP contribution in [0.25, 0.3) is 0 Å². The third-order valence-corrected chi connectivity index (χ3v) is 4.38. The Labute approximate surface area is 125 Å². The molecule has 0 aromatic heterocycles. The van der Waals surface area contributed by atoms with Gasteiger partial charge in [0, 0.05) is 0 Å². The van der Waals surface area contributed by atoms with Gasteiger partial charge >= 0.3 is 7.82 Å². The average molecular weight is 314 g/mol. The first-order valence-electron chi connectivity index (χ1n) is 7.25. The second kappa shape index (κ2) is 6.49. The maximum atomic E-state index is 10.8. The molecule has 1 atom stereocenters. The van der Waals surface area contributed by atoms with Gasteiger partial charge in [-0.2, -0.15) is 0 Å². The van der Waals surface area contributed by atoms with E-state index in [0.717, 1.165) is 11.1 Å². The number of phosphoric acid groups is 1. The van der Waals surface area contributed by atoms with Crippen LogP contribution >= 0.6 is 7.82 Å². The molecule has 1 aliphatic rings. The minimum Gasteiger partial charge on any atom is -0.466 e. The molecule has 1 unspecified atom stereocenters. The highest BCUT2D eigenvalue weighted by molar-refractivity contribution is 7.46. The first kappa shape index (κ1) is 16.5. The maximum absolute atomic E-state index is 10.8. The molecule has 1 saturated carbocycles. The van der Waals surface area contributed by atoms with E-state index in [1.807, 2.05) is 18.2 Å². The summed E-state index contributed by atoms with van der Waals surface area (Å²) in [6.07, 6.45) is 2.46. The normalized spacial score (nSPS) is 17.0. The van der Waals surface area contributed by atoms with E-state index in [0.29, 0.717) is 17.6 Å². The van der Waals surface area contributed by atoms with Crippen molar-refractivity contribution < 1.29 is 23.6 Å². The van der Waals surface area contributed by atoms with Crippen LogP contribution in [0, 0.1) is 5.92 Å². The third-order valence-electron chi connectivity index (χ3n) is 3.94. The smallest absolute Gasteiger partial charge is 0.466 e. The van der Waals surface area contributed by atoms with Crippen molar-refractivity contribution in [3.8, 4) is 5.75 Å². The molecule has 21 heavy (non-hydrogen) atoms. The van der Waals surface area contributed by atoms with E-state index < -0.39 is 14.6 Å². The highest BCUT2D eigenvalue weighted by Gasteiger charge is 2.31. The zero-order valence-electron chi connectivity index (χ0n) is 12.7. The number of ether oxygens (including phenoxy) is 1.